The topological polar surface area (TPSA) is 65.4 Å². The highest BCUT2D eigenvalue weighted by atomic mass is 16.5. The number of aromatic nitrogens is 1. The maximum atomic E-state index is 13.0. The van der Waals surface area contributed by atoms with Crippen LogP contribution in [0.1, 0.15) is 35.3 Å². The Morgan fingerprint density at radius 3 is 2.47 bits per heavy atom. The number of H-pyrrole nitrogens is 1. The third-order valence-corrected chi connectivity index (χ3v) is 7.74. The number of fused-ring (bicyclic) bond motifs is 1. The van der Waals surface area contributed by atoms with Crippen molar-refractivity contribution in [2.24, 2.45) is 5.10 Å². The molecule has 0 unspecified atom stereocenters. The average molecular weight is 509 g/mol. The van der Waals surface area contributed by atoms with Crippen molar-refractivity contribution in [3.8, 4) is 0 Å². The first-order valence-corrected chi connectivity index (χ1v) is 13.3. The molecule has 1 saturated heterocycles. The van der Waals surface area contributed by atoms with Crippen LogP contribution in [0.15, 0.2) is 78.0 Å². The van der Waals surface area contributed by atoms with E-state index in [1.54, 1.807) is 6.92 Å². The van der Waals surface area contributed by atoms with Crippen LogP contribution in [0.25, 0.3) is 10.9 Å². The van der Waals surface area contributed by atoms with Gasteiger partial charge in [0, 0.05) is 40.8 Å². The minimum atomic E-state index is -0.317. The third-order valence-electron chi connectivity index (χ3n) is 7.74. The summed E-state index contributed by atoms with van der Waals surface area (Å²) in [6.45, 7) is 10.5. The third kappa shape index (κ3) is 4.48. The first kappa shape index (κ1) is 24.4. The summed E-state index contributed by atoms with van der Waals surface area (Å²) >= 11 is 0. The molecule has 3 aromatic carbocycles. The maximum Gasteiger partial charge on any atom is 0.198 e. The zero-order valence-corrected chi connectivity index (χ0v) is 22.2. The van der Waals surface area contributed by atoms with Crippen molar-refractivity contribution >= 4 is 33.9 Å². The number of aromatic amines is 1. The predicted molar refractivity (Wildman–Crippen MR) is 152 cm³/mol. The van der Waals surface area contributed by atoms with Gasteiger partial charge < -0.3 is 14.6 Å². The molecule has 38 heavy (non-hydrogen) atoms. The Hall–Kier alpha value is -3.94. The van der Waals surface area contributed by atoms with Crippen LogP contribution in [0.2, 0.25) is 0 Å². The van der Waals surface area contributed by atoms with E-state index in [0.717, 1.165) is 60.7 Å². The molecule has 0 bridgehead atoms. The zero-order chi connectivity index (χ0) is 26.2. The van der Waals surface area contributed by atoms with Crippen molar-refractivity contribution in [3.05, 3.63) is 95.2 Å². The lowest BCUT2D eigenvalue weighted by Crippen LogP contribution is -3.12. The first-order valence-electron chi connectivity index (χ1n) is 13.3. The standard InChI is InChI=1S/C31H33N5O2/c1-21-8-11-26(18-22(21)2)36-31(28-19-32-29-7-5-4-6-27(28)29)35(30(33-36)23(3)37)25-12-9-24(10-13-25)20-34-14-16-38-17-15-34/h4-13,18-19,31-32H,14-17,20H2,1-3H3/p+1/t31-/m1/s1. The van der Waals surface area contributed by atoms with Crippen molar-refractivity contribution in [3.63, 3.8) is 0 Å². The van der Waals surface area contributed by atoms with E-state index in [0.29, 0.717) is 5.84 Å². The Morgan fingerprint density at radius 1 is 1.00 bits per heavy atom. The molecule has 194 valence electrons. The van der Waals surface area contributed by atoms with Gasteiger partial charge in [-0.05, 0) is 55.3 Å². The maximum absolute atomic E-state index is 13.0. The molecule has 0 amide bonds. The SMILES string of the molecule is CC(=O)C1=NN(c2ccc(C)c(C)c2)[C@H](c2c[nH]c3ccccc23)N1c1ccc(C[NH+]2CCOCC2)cc1. The van der Waals surface area contributed by atoms with Gasteiger partial charge in [0.2, 0.25) is 0 Å². The van der Waals surface area contributed by atoms with Gasteiger partial charge in [-0.25, -0.2) is 5.01 Å². The minimum Gasteiger partial charge on any atom is -0.370 e. The van der Waals surface area contributed by atoms with Gasteiger partial charge in [-0.1, -0.05) is 36.4 Å². The van der Waals surface area contributed by atoms with Gasteiger partial charge in [0.05, 0.1) is 18.9 Å². The van der Waals surface area contributed by atoms with Crippen LogP contribution in [-0.4, -0.2) is 42.9 Å². The fourth-order valence-electron chi connectivity index (χ4n) is 5.48. The highest BCUT2D eigenvalue weighted by Crippen LogP contribution is 2.41. The van der Waals surface area contributed by atoms with Gasteiger partial charge in [-0.2, -0.15) is 0 Å². The van der Waals surface area contributed by atoms with E-state index in [9.17, 15) is 4.79 Å². The molecule has 6 rings (SSSR count). The molecule has 4 aromatic rings. The van der Waals surface area contributed by atoms with Gasteiger partial charge >= 0.3 is 0 Å². The van der Waals surface area contributed by atoms with Crippen LogP contribution in [0.3, 0.4) is 0 Å². The molecular formula is C31H34N5O2+. The van der Waals surface area contributed by atoms with E-state index < -0.39 is 0 Å². The number of amidine groups is 1. The molecule has 2 aliphatic heterocycles. The summed E-state index contributed by atoms with van der Waals surface area (Å²) in [6, 6.07) is 23.2. The Bertz CT molecular complexity index is 1500. The number of hydrogen-bond donors (Lipinski definition) is 2. The van der Waals surface area contributed by atoms with E-state index in [4.69, 9.17) is 9.84 Å². The largest absolute Gasteiger partial charge is 0.370 e. The number of carbonyl (C=O) groups is 1. The second kappa shape index (κ2) is 10.1. The summed E-state index contributed by atoms with van der Waals surface area (Å²) in [4.78, 5) is 20.1. The number of quaternary nitrogens is 1. The van der Waals surface area contributed by atoms with Crippen molar-refractivity contribution in [2.45, 2.75) is 33.5 Å². The van der Waals surface area contributed by atoms with Gasteiger partial charge in [-0.15, -0.1) is 5.10 Å². The number of hydrazone groups is 1. The lowest BCUT2D eigenvalue weighted by molar-refractivity contribution is -0.921. The molecule has 0 saturated carbocycles. The summed E-state index contributed by atoms with van der Waals surface area (Å²) in [5.41, 5.74) is 7.72. The van der Waals surface area contributed by atoms with E-state index in [1.807, 2.05) is 17.3 Å². The molecule has 2 aliphatic rings. The van der Waals surface area contributed by atoms with E-state index in [1.165, 1.54) is 21.6 Å². The Kier molecular flexibility index (Phi) is 6.47. The smallest absolute Gasteiger partial charge is 0.198 e. The van der Waals surface area contributed by atoms with Crippen LogP contribution < -0.4 is 14.8 Å². The monoisotopic (exact) mass is 508 g/mol. The molecule has 3 heterocycles. The lowest BCUT2D eigenvalue weighted by Gasteiger charge is -2.32. The average Bonchev–Trinajstić information content (AvgIpc) is 3.53. The second-order valence-electron chi connectivity index (χ2n) is 10.3. The molecule has 1 atom stereocenters. The van der Waals surface area contributed by atoms with Crippen LogP contribution in [0.5, 0.6) is 0 Å². The minimum absolute atomic E-state index is 0.0667. The fourth-order valence-corrected chi connectivity index (χ4v) is 5.48. The summed E-state index contributed by atoms with van der Waals surface area (Å²) in [7, 11) is 0. The van der Waals surface area contributed by atoms with Gasteiger partial charge in [0.25, 0.3) is 0 Å². The van der Waals surface area contributed by atoms with E-state index in [2.05, 4.69) is 84.4 Å². The van der Waals surface area contributed by atoms with E-state index >= 15 is 0 Å². The van der Waals surface area contributed by atoms with Crippen molar-refractivity contribution < 1.29 is 14.4 Å². The first-order chi connectivity index (χ1) is 18.5. The Balaban J connectivity index is 1.44. The number of anilines is 2. The number of aryl methyl sites for hydroxylation is 2. The Morgan fingerprint density at radius 2 is 1.74 bits per heavy atom. The summed E-state index contributed by atoms with van der Waals surface area (Å²) in [5, 5.41) is 8.05. The molecule has 7 heteroatoms. The predicted octanol–water partition coefficient (Wildman–Crippen LogP) is 4.13. The van der Waals surface area contributed by atoms with Crippen LogP contribution in [-0.2, 0) is 16.1 Å². The highest BCUT2D eigenvalue weighted by Gasteiger charge is 2.40. The number of morpholine rings is 1. The quantitative estimate of drug-likeness (QED) is 0.411. The van der Waals surface area contributed by atoms with Crippen LogP contribution in [0.4, 0.5) is 11.4 Å². The van der Waals surface area contributed by atoms with Crippen LogP contribution in [0, 0.1) is 13.8 Å². The number of ether oxygens (including phenoxy) is 1. The number of rotatable bonds is 6. The molecule has 0 radical (unpaired) electrons. The molecule has 1 aromatic heterocycles. The molecule has 2 N–H and O–H groups in total. The van der Waals surface area contributed by atoms with Gasteiger partial charge in [-0.3, -0.25) is 9.69 Å². The van der Waals surface area contributed by atoms with Gasteiger partial charge in [0.1, 0.15) is 19.6 Å². The summed E-state index contributed by atoms with van der Waals surface area (Å²) < 4.78 is 5.52. The number of Topliss-reactive ketones (excluding diaryl/α,β-unsaturated/α-hetero) is 1. The number of nitrogens with one attached hydrogen (secondary N) is 2. The zero-order valence-electron chi connectivity index (χ0n) is 22.2. The van der Waals surface area contributed by atoms with Crippen molar-refractivity contribution in [1.82, 2.24) is 4.98 Å². The number of carbonyl (C=O) groups excluding carboxylic acids is 1. The second-order valence-corrected chi connectivity index (χ2v) is 10.3. The molecule has 0 aliphatic carbocycles. The molecule has 1 fully saturated rings. The van der Waals surface area contributed by atoms with E-state index in [-0.39, 0.29) is 11.9 Å². The van der Waals surface area contributed by atoms with Crippen molar-refractivity contribution in [1.29, 1.82) is 0 Å². The normalized spacial score (nSPS) is 18.3. The van der Waals surface area contributed by atoms with Gasteiger partial charge in [0.15, 0.2) is 17.8 Å². The number of ketones is 1. The number of benzene rings is 3. The summed E-state index contributed by atoms with van der Waals surface area (Å²) in [5.74, 6) is 0.369. The Labute approximate surface area is 223 Å². The van der Waals surface area contributed by atoms with Crippen molar-refractivity contribution in [2.75, 3.05) is 36.2 Å². The highest BCUT2D eigenvalue weighted by molar-refractivity contribution is 6.44. The number of hydrogen-bond acceptors (Lipinski definition) is 5. The summed E-state index contributed by atoms with van der Waals surface area (Å²) in [6.07, 6.45) is 1.73. The lowest BCUT2D eigenvalue weighted by atomic mass is 10.1. The number of nitrogens with zero attached hydrogens (tertiary/aromatic N) is 3. The molecule has 7 nitrogen and oxygen atoms in total. The molecular weight excluding hydrogens is 474 g/mol. The molecule has 0 spiro atoms. The van der Waals surface area contributed by atoms with Crippen LogP contribution >= 0.6 is 0 Å². The number of para-hydroxylation sites is 1. The fraction of sp³-hybridized carbons (Fsp3) is 0.290.